The standard InChI is InChI=1S/C39H41N5O8/c1-51-39(50)32-24-52-38(49)29-15-7-14-27(21-29)28(22-34(46)42-30-17-8-13-26-16-9-19-40-36(26)30)12-5-6-18-33(45)43-31(20-25-10-3-2-4-11-25)37(48)41-23-35(47)44-32/h2-4,7-11,13-17,19,21,28,31-32H,5-6,12,18,20,22-24H2,1H3,(H,41,48)(H,42,46)(H,43,45)(H,44,47)/t28?,31-,32-/m0/s1. The lowest BCUT2D eigenvalue weighted by Gasteiger charge is -2.21. The van der Waals surface area contributed by atoms with Crippen molar-refractivity contribution in [3.05, 3.63) is 108 Å². The molecule has 0 spiro atoms. The first-order chi connectivity index (χ1) is 25.2. The molecule has 2 bridgehead atoms. The Morgan fingerprint density at radius 2 is 1.69 bits per heavy atom. The van der Waals surface area contributed by atoms with Gasteiger partial charge in [0.05, 0.1) is 30.4 Å². The van der Waals surface area contributed by atoms with E-state index in [2.05, 4.69) is 26.3 Å². The molecule has 3 atom stereocenters. The van der Waals surface area contributed by atoms with Crippen LogP contribution in [0.3, 0.4) is 0 Å². The van der Waals surface area contributed by atoms with Crippen molar-refractivity contribution in [1.82, 2.24) is 20.9 Å². The third kappa shape index (κ3) is 10.5. The van der Waals surface area contributed by atoms with Crippen molar-refractivity contribution in [2.24, 2.45) is 0 Å². The second-order valence-electron chi connectivity index (χ2n) is 12.5. The van der Waals surface area contributed by atoms with E-state index in [0.717, 1.165) is 18.1 Å². The second kappa shape index (κ2) is 18.2. The third-order valence-corrected chi connectivity index (χ3v) is 8.70. The van der Waals surface area contributed by atoms with E-state index in [1.807, 2.05) is 60.7 Å². The van der Waals surface area contributed by atoms with E-state index in [9.17, 15) is 28.8 Å². The summed E-state index contributed by atoms with van der Waals surface area (Å²) in [5.74, 6) is -3.88. The Balaban J connectivity index is 1.37. The average molecular weight is 708 g/mol. The topological polar surface area (TPSA) is 182 Å². The van der Waals surface area contributed by atoms with Gasteiger partial charge in [0.25, 0.3) is 0 Å². The number of amides is 4. The van der Waals surface area contributed by atoms with Gasteiger partial charge in [-0.3, -0.25) is 24.2 Å². The Hall–Kier alpha value is -6.11. The summed E-state index contributed by atoms with van der Waals surface area (Å²) in [5, 5.41) is 11.6. The largest absolute Gasteiger partial charge is 0.467 e. The van der Waals surface area contributed by atoms with Crippen LogP contribution in [0, 0.1) is 0 Å². The van der Waals surface area contributed by atoms with Crippen molar-refractivity contribution in [1.29, 1.82) is 0 Å². The minimum Gasteiger partial charge on any atom is -0.467 e. The summed E-state index contributed by atoms with van der Waals surface area (Å²) in [6.45, 7) is -1.04. The maximum Gasteiger partial charge on any atom is 0.338 e. The molecular formula is C39H41N5O8. The number of esters is 2. The highest BCUT2D eigenvalue weighted by Gasteiger charge is 2.27. The minimum absolute atomic E-state index is 0.0731. The van der Waals surface area contributed by atoms with Crippen LogP contribution < -0.4 is 21.3 Å². The van der Waals surface area contributed by atoms with Crippen molar-refractivity contribution >= 4 is 52.2 Å². The SMILES string of the molecule is COC(=O)[C@@H]1COC(=O)c2cccc(c2)C(CC(=O)Nc2cccc3cccnc23)CCCCC(=O)N[C@@H](Cc2ccccc2)C(=O)NCC(=O)N1. The maximum absolute atomic E-state index is 13.5. The molecule has 5 rings (SSSR count). The predicted octanol–water partition coefficient (Wildman–Crippen LogP) is 3.58. The molecule has 4 aromatic rings. The highest BCUT2D eigenvalue weighted by atomic mass is 16.5. The molecule has 1 unspecified atom stereocenters. The Kier molecular flexibility index (Phi) is 13.0. The molecule has 0 radical (unpaired) electrons. The maximum atomic E-state index is 13.5. The summed E-state index contributed by atoms with van der Waals surface area (Å²) < 4.78 is 10.2. The fourth-order valence-electron chi connectivity index (χ4n) is 6.03. The summed E-state index contributed by atoms with van der Waals surface area (Å²) in [7, 11) is 1.13. The van der Waals surface area contributed by atoms with E-state index in [0.29, 0.717) is 36.0 Å². The lowest BCUT2D eigenvalue weighted by atomic mass is 9.89. The fraction of sp³-hybridized carbons (Fsp3) is 0.308. The quantitative estimate of drug-likeness (QED) is 0.218. The van der Waals surface area contributed by atoms with Gasteiger partial charge in [0.1, 0.15) is 12.6 Å². The molecule has 0 saturated carbocycles. The number of nitrogens with zero attached hydrogens (tertiary/aromatic N) is 1. The molecule has 1 aliphatic heterocycles. The lowest BCUT2D eigenvalue weighted by molar-refractivity contribution is -0.146. The second-order valence-corrected chi connectivity index (χ2v) is 12.5. The number of benzene rings is 3. The fourth-order valence-corrected chi connectivity index (χ4v) is 6.03. The van der Waals surface area contributed by atoms with Gasteiger partial charge in [-0.05, 0) is 54.2 Å². The number of nitrogens with one attached hydrogen (secondary N) is 4. The number of cyclic esters (lactones) is 1. The number of hydrogen-bond acceptors (Lipinski definition) is 9. The van der Waals surface area contributed by atoms with Gasteiger partial charge in [0.2, 0.25) is 23.6 Å². The number of ether oxygens (including phenoxy) is 2. The Bertz CT molecular complexity index is 1910. The molecule has 0 fully saturated rings. The lowest BCUT2D eigenvalue weighted by Crippen LogP contribution is -2.52. The number of fused-ring (bicyclic) bond motifs is 3. The number of pyridine rings is 1. The first-order valence-corrected chi connectivity index (χ1v) is 17.1. The molecule has 1 aromatic heterocycles. The first kappa shape index (κ1) is 37.2. The Morgan fingerprint density at radius 3 is 2.50 bits per heavy atom. The normalized spacial score (nSPS) is 19.3. The molecule has 2 heterocycles. The van der Waals surface area contributed by atoms with Crippen LogP contribution in [0.4, 0.5) is 5.69 Å². The van der Waals surface area contributed by atoms with Gasteiger partial charge < -0.3 is 30.7 Å². The molecular weight excluding hydrogens is 666 g/mol. The molecule has 1 aliphatic rings. The van der Waals surface area contributed by atoms with Crippen LogP contribution >= 0.6 is 0 Å². The van der Waals surface area contributed by atoms with E-state index >= 15 is 0 Å². The number of carbonyl (C=O) groups is 6. The highest BCUT2D eigenvalue weighted by molar-refractivity contribution is 6.00. The molecule has 4 amide bonds. The predicted molar refractivity (Wildman–Crippen MR) is 192 cm³/mol. The number of hydrogen-bond donors (Lipinski definition) is 4. The van der Waals surface area contributed by atoms with Gasteiger partial charge in [0.15, 0.2) is 6.04 Å². The van der Waals surface area contributed by atoms with E-state index in [1.54, 1.807) is 30.5 Å². The van der Waals surface area contributed by atoms with Gasteiger partial charge in [-0.15, -0.1) is 0 Å². The molecule has 4 N–H and O–H groups in total. The molecule has 0 aliphatic carbocycles. The number of para-hydroxylation sites is 1. The van der Waals surface area contributed by atoms with Crippen molar-refractivity contribution < 1.29 is 38.2 Å². The monoisotopic (exact) mass is 707 g/mol. The van der Waals surface area contributed by atoms with Crippen molar-refractivity contribution in [3.8, 4) is 0 Å². The minimum atomic E-state index is -1.35. The van der Waals surface area contributed by atoms with Crippen LogP contribution in [0.5, 0.6) is 0 Å². The van der Waals surface area contributed by atoms with Crippen LogP contribution in [0.2, 0.25) is 0 Å². The van der Waals surface area contributed by atoms with Crippen molar-refractivity contribution in [2.45, 2.75) is 56.5 Å². The van der Waals surface area contributed by atoms with Crippen molar-refractivity contribution in [3.63, 3.8) is 0 Å². The molecule has 3 aromatic carbocycles. The van der Waals surface area contributed by atoms with Crippen LogP contribution in [-0.4, -0.2) is 72.9 Å². The van der Waals surface area contributed by atoms with Gasteiger partial charge in [0, 0.05) is 30.8 Å². The number of carbonyl (C=O) groups excluding carboxylic acids is 6. The smallest absolute Gasteiger partial charge is 0.338 e. The molecule has 270 valence electrons. The highest BCUT2D eigenvalue weighted by Crippen LogP contribution is 2.29. The summed E-state index contributed by atoms with van der Waals surface area (Å²) in [6, 6.07) is 22.7. The van der Waals surface area contributed by atoms with Gasteiger partial charge >= 0.3 is 11.9 Å². The van der Waals surface area contributed by atoms with E-state index < -0.39 is 49.0 Å². The zero-order valence-electron chi connectivity index (χ0n) is 28.8. The summed E-state index contributed by atoms with van der Waals surface area (Å²) in [6.07, 6.45) is 3.57. The van der Waals surface area contributed by atoms with E-state index in [-0.39, 0.29) is 42.6 Å². The zero-order valence-corrected chi connectivity index (χ0v) is 28.8. The number of rotatable bonds is 6. The van der Waals surface area contributed by atoms with Crippen LogP contribution in [0.15, 0.2) is 91.1 Å². The number of methoxy groups -OCH3 is 1. The summed E-state index contributed by atoms with van der Waals surface area (Å²) in [5.41, 5.74) is 2.92. The third-order valence-electron chi connectivity index (χ3n) is 8.70. The van der Waals surface area contributed by atoms with E-state index in [1.165, 1.54) is 0 Å². The van der Waals surface area contributed by atoms with Gasteiger partial charge in [-0.2, -0.15) is 0 Å². The molecule has 52 heavy (non-hydrogen) atoms. The van der Waals surface area contributed by atoms with E-state index in [4.69, 9.17) is 9.47 Å². The molecule has 0 saturated heterocycles. The first-order valence-electron chi connectivity index (χ1n) is 17.1. The molecule has 13 nitrogen and oxygen atoms in total. The van der Waals surface area contributed by atoms with Crippen LogP contribution in [0.1, 0.15) is 59.5 Å². The number of aromatic nitrogens is 1. The van der Waals surface area contributed by atoms with Gasteiger partial charge in [-0.25, -0.2) is 9.59 Å². The van der Waals surface area contributed by atoms with Crippen LogP contribution in [-0.2, 0) is 39.9 Å². The van der Waals surface area contributed by atoms with Crippen LogP contribution in [0.25, 0.3) is 10.9 Å². The summed E-state index contributed by atoms with van der Waals surface area (Å²) in [4.78, 5) is 82.7. The zero-order chi connectivity index (χ0) is 36.9. The van der Waals surface area contributed by atoms with Gasteiger partial charge in [-0.1, -0.05) is 67.1 Å². The van der Waals surface area contributed by atoms with Crippen molar-refractivity contribution in [2.75, 3.05) is 25.6 Å². The molecule has 13 heteroatoms. The number of anilines is 1. The Labute approximate surface area is 300 Å². The summed E-state index contributed by atoms with van der Waals surface area (Å²) >= 11 is 0. The average Bonchev–Trinajstić information content (AvgIpc) is 3.16. The Morgan fingerprint density at radius 1 is 0.904 bits per heavy atom.